The predicted octanol–water partition coefficient (Wildman–Crippen LogP) is 4.44. The zero-order valence-electron chi connectivity index (χ0n) is 15.3. The second-order valence-corrected chi connectivity index (χ2v) is 6.67. The molecule has 154 valence electrons. The van der Waals surface area contributed by atoms with Crippen LogP contribution in [0.5, 0.6) is 0 Å². The maximum Gasteiger partial charge on any atom is 0.405 e. The summed E-state index contributed by atoms with van der Waals surface area (Å²) in [6.45, 7) is -2.34. The van der Waals surface area contributed by atoms with Crippen LogP contribution in [0.15, 0.2) is 42.6 Å². The molecule has 3 rings (SSSR count). The van der Waals surface area contributed by atoms with Crippen molar-refractivity contribution < 1.29 is 23.4 Å². The van der Waals surface area contributed by atoms with Crippen molar-refractivity contribution in [3.63, 3.8) is 0 Å². The van der Waals surface area contributed by atoms with Crippen molar-refractivity contribution >= 4 is 28.6 Å². The molecule has 0 fully saturated rings. The molecule has 2 N–H and O–H groups in total. The maximum absolute atomic E-state index is 13.2. The maximum atomic E-state index is 13.2. The molecule has 0 aliphatic carbocycles. The number of halogens is 3. The van der Waals surface area contributed by atoms with E-state index >= 15 is 0 Å². The van der Waals surface area contributed by atoms with Gasteiger partial charge in [-0.25, -0.2) is 14.5 Å². The van der Waals surface area contributed by atoms with Crippen LogP contribution in [0.4, 0.5) is 13.6 Å². The molecule has 2 heterocycles. The van der Waals surface area contributed by atoms with Crippen molar-refractivity contribution in [2.45, 2.75) is 25.4 Å². The Morgan fingerprint density at radius 2 is 2.07 bits per heavy atom. The van der Waals surface area contributed by atoms with E-state index < -0.39 is 18.7 Å². The Morgan fingerprint density at radius 3 is 2.76 bits per heavy atom. The lowest BCUT2D eigenvalue weighted by Gasteiger charge is -2.17. The van der Waals surface area contributed by atoms with E-state index in [4.69, 9.17) is 21.4 Å². The topological polar surface area (TPSA) is 89.3 Å². The molecule has 1 amide bonds. The molecule has 1 atom stereocenters. The number of nitrogens with one attached hydrogen (secondary N) is 1. The van der Waals surface area contributed by atoms with Gasteiger partial charge in [0.25, 0.3) is 0 Å². The number of ether oxygens (including phenoxy) is 1. The van der Waals surface area contributed by atoms with Crippen LogP contribution in [0.3, 0.4) is 0 Å². The molecule has 0 saturated carbocycles. The fourth-order valence-corrected chi connectivity index (χ4v) is 3.26. The standard InChI is InChI=1S/C19H19ClF2N4O3/c20-16-9-13-10-23-26(18(21)22)17(13)14(24-16)7-4-8-29-11-15(25-19(27)28)12-5-2-1-3-6-12/h1-3,5-6,9-10,15,18,25H,4,7-8,11H2,(H,27,28). The first-order valence-electron chi connectivity index (χ1n) is 8.88. The van der Waals surface area contributed by atoms with Gasteiger partial charge in [0.15, 0.2) is 0 Å². The molecule has 0 aliphatic heterocycles. The van der Waals surface area contributed by atoms with Crippen molar-refractivity contribution in [3.8, 4) is 0 Å². The van der Waals surface area contributed by atoms with Gasteiger partial charge in [-0.3, -0.25) is 0 Å². The van der Waals surface area contributed by atoms with Crippen LogP contribution in [-0.4, -0.2) is 39.2 Å². The number of rotatable bonds is 9. The van der Waals surface area contributed by atoms with Gasteiger partial charge in [0.2, 0.25) is 0 Å². The third kappa shape index (κ3) is 5.39. The summed E-state index contributed by atoms with van der Waals surface area (Å²) in [4.78, 5) is 15.2. The van der Waals surface area contributed by atoms with Gasteiger partial charge >= 0.3 is 12.6 Å². The summed E-state index contributed by atoms with van der Waals surface area (Å²) >= 11 is 5.98. The van der Waals surface area contributed by atoms with E-state index in [1.807, 2.05) is 30.3 Å². The first-order chi connectivity index (χ1) is 14.0. The van der Waals surface area contributed by atoms with E-state index in [1.165, 1.54) is 12.3 Å². The summed E-state index contributed by atoms with van der Waals surface area (Å²) in [5.41, 5.74) is 1.45. The Labute approximate surface area is 170 Å². The quantitative estimate of drug-likeness (QED) is 0.391. The van der Waals surface area contributed by atoms with Crippen LogP contribution in [-0.2, 0) is 11.2 Å². The Bertz CT molecular complexity index is 969. The minimum absolute atomic E-state index is 0.143. The number of carbonyl (C=O) groups is 1. The Hall–Kier alpha value is -2.78. The Kier molecular flexibility index (Phi) is 6.95. The average Bonchev–Trinajstić information content (AvgIpc) is 3.11. The Balaban J connectivity index is 1.60. The number of benzene rings is 1. The number of pyridine rings is 1. The number of amides is 1. The van der Waals surface area contributed by atoms with Crippen molar-refractivity contribution in [2.75, 3.05) is 13.2 Å². The molecule has 2 aromatic heterocycles. The first-order valence-corrected chi connectivity index (χ1v) is 9.26. The van der Waals surface area contributed by atoms with E-state index in [9.17, 15) is 13.6 Å². The number of alkyl halides is 2. The number of carboxylic acid groups (broad SMARTS) is 1. The highest BCUT2D eigenvalue weighted by molar-refractivity contribution is 6.30. The van der Waals surface area contributed by atoms with Crippen LogP contribution in [0.1, 0.15) is 30.3 Å². The normalized spacial score (nSPS) is 12.4. The minimum atomic E-state index is -2.78. The zero-order valence-corrected chi connectivity index (χ0v) is 16.0. The minimum Gasteiger partial charge on any atom is -0.465 e. The molecule has 0 spiro atoms. The SMILES string of the molecule is O=C(O)NC(COCCCc1nc(Cl)cc2cnn(C(F)F)c12)c1ccccc1. The summed E-state index contributed by atoms with van der Waals surface area (Å²) in [6, 6.07) is 10.1. The second-order valence-electron chi connectivity index (χ2n) is 6.29. The second kappa shape index (κ2) is 9.62. The number of hydrogen-bond donors (Lipinski definition) is 2. The first kappa shape index (κ1) is 20.9. The van der Waals surface area contributed by atoms with Crippen molar-refractivity contribution in [1.82, 2.24) is 20.1 Å². The third-order valence-corrected chi connectivity index (χ3v) is 4.48. The zero-order chi connectivity index (χ0) is 20.8. The lowest BCUT2D eigenvalue weighted by molar-refractivity contribution is 0.0612. The van der Waals surface area contributed by atoms with Gasteiger partial charge in [0.1, 0.15) is 5.15 Å². The number of aryl methyl sites for hydroxylation is 1. The number of hydrogen-bond acceptors (Lipinski definition) is 4. The fraction of sp³-hybridized carbons (Fsp3) is 0.316. The van der Waals surface area contributed by atoms with E-state index in [-0.39, 0.29) is 17.3 Å². The van der Waals surface area contributed by atoms with Crippen LogP contribution < -0.4 is 5.32 Å². The highest BCUT2D eigenvalue weighted by Crippen LogP contribution is 2.25. The molecule has 3 aromatic rings. The van der Waals surface area contributed by atoms with Crippen LogP contribution in [0, 0.1) is 0 Å². The van der Waals surface area contributed by atoms with Crippen LogP contribution in [0.25, 0.3) is 10.9 Å². The molecule has 29 heavy (non-hydrogen) atoms. The molecular formula is C19H19ClF2N4O3. The lowest BCUT2D eigenvalue weighted by Crippen LogP contribution is -2.30. The third-order valence-electron chi connectivity index (χ3n) is 4.28. The molecule has 1 unspecified atom stereocenters. The molecule has 0 radical (unpaired) electrons. The molecule has 1 aromatic carbocycles. The van der Waals surface area contributed by atoms with Gasteiger partial charge in [-0.2, -0.15) is 13.9 Å². The fourth-order valence-electron chi connectivity index (χ4n) is 3.04. The summed E-state index contributed by atoms with van der Waals surface area (Å²) in [7, 11) is 0. The van der Waals surface area contributed by atoms with Crippen LogP contribution >= 0.6 is 11.6 Å². The van der Waals surface area contributed by atoms with Gasteiger partial charge in [0.05, 0.1) is 30.1 Å². The average molecular weight is 425 g/mol. The van der Waals surface area contributed by atoms with Gasteiger partial charge in [-0.05, 0) is 24.5 Å². The number of fused-ring (bicyclic) bond motifs is 1. The Morgan fingerprint density at radius 1 is 1.31 bits per heavy atom. The molecule has 0 aliphatic rings. The van der Waals surface area contributed by atoms with Gasteiger partial charge < -0.3 is 15.2 Å². The van der Waals surface area contributed by atoms with Gasteiger partial charge in [-0.1, -0.05) is 41.9 Å². The van der Waals surface area contributed by atoms with Crippen molar-refractivity contribution in [3.05, 3.63) is 59.0 Å². The van der Waals surface area contributed by atoms with Crippen LogP contribution in [0.2, 0.25) is 5.15 Å². The largest absolute Gasteiger partial charge is 0.465 e. The summed E-state index contributed by atoms with van der Waals surface area (Å²) in [5.74, 6) is 0. The molecule has 10 heteroatoms. The van der Waals surface area contributed by atoms with E-state index in [0.717, 1.165) is 5.56 Å². The summed E-state index contributed by atoms with van der Waals surface area (Å²) < 4.78 is 32.6. The predicted molar refractivity (Wildman–Crippen MR) is 103 cm³/mol. The van der Waals surface area contributed by atoms with Gasteiger partial charge in [0, 0.05) is 12.0 Å². The van der Waals surface area contributed by atoms with Crippen molar-refractivity contribution in [2.24, 2.45) is 0 Å². The van der Waals surface area contributed by atoms with E-state index in [1.54, 1.807) is 0 Å². The highest BCUT2D eigenvalue weighted by Gasteiger charge is 2.17. The molecule has 0 saturated heterocycles. The molecule has 7 nitrogen and oxygen atoms in total. The smallest absolute Gasteiger partial charge is 0.405 e. The van der Waals surface area contributed by atoms with Crippen molar-refractivity contribution in [1.29, 1.82) is 0 Å². The van der Waals surface area contributed by atoms with E-state index in [2.05, 4.69) is 15.4 Å². The monoisotopic (exact) mass is 424 g/mol. The van der Waals surface area contributed by atoms with E-state index in [0.29, 0.717) is 35.2 Å². The summed E-state index contributed by atoms with van der Waals surface area (Å²) in [5, 5.41) is 15.8. The number of aromatic nitrogens is 3. The summed E-state index contributed by atoms with van der Waals surface area (Å²) in [6.07, 6.45) is 1.04. The molecule has 0 bridgehead atoms. The lowest BCUT2D eigenvalue weighted by atomic mass is 10.1. The van der Waals surface area contributed by atoms with Gasteiger partial charge in [-0.15, -0.1) is 0 Å². The number of nitrogens with zero attached hydrogens (tertiary/aromatic N) is 3. The molecular weight excluding hydrogens is 406 g/mol. The highest BCUT2D eigenvalue weighted by atomic mass is 35.5.